The van der Waals surface area contributed by atoms with Crippen LogP contribution in [0.3, 0.4) is 0 Å². The summed E-state index contributed by atoms with van der Waals surface area (Å²) in [6, 6.07) is 12.8. The Bertz CT molecular complexity index is 523. The molecule has 1 fully saturated rings. The molecule has 1 nitrogen and oxygen atoms in total. The molecule has 0 radical (unpaired) electrons. The van der Waals surface area contributed by atoms with Crippen molar-refractivity contribution in [3.05, 3.63) is 41.3 Å². The average Bonchev–Trinajstić information content (AvgIpc) is 2.82. The lowest BCUT2D eigenvalue weighted by Gasteiger charge is -2.21. The molecule has 1 aromatic carbocycles. The summed E-state index contributed by atoms with van der Waals surface area (Å²) < 4.78 is 0. The van der Waals surface area contributed by atoms with Crippen LogP contribution < -0.4 is 5.73 Å². The fourth-order valence-electron chi connectivity index (χ4n) is 3.12. The van der Waals surface area contributed by atoms with Crippen LogP contribution in [-0.2, 0) is 6.42 Å². The van der Waals surface area contributed by atoms with Gasteiger partial charge in [0.1, 0.15) is 0 Å². The van der Waals surface area contributed by atoms with E-state index in [4.69, 9.17) is 5.73 Å². The third-order valence-electron chi connectivity index (χ3n) is 4.11. The van der Waals surface area contributed by atoms with Crippen LogP contribution in [0.4, 0.5) is 5.00 Å². The molecule has 2 aromatic rings. The van der Waals surface area contributed by atoms with Crippen molar-refractivity contribution in [1.29, 1.82) is 0 Å². The van der Waals surface area contributed by atoms with Crippen LogP contribution in [0.2, 0.25) is 0 Å². The minimum atomic E-state index is 0.870. The molecular weight excluding hydrogens is 250 g/mol. The molecule has 0 atom stereocenters. The number of thiophene rings is 1. The van der Waals surface area contributed by atoms with E-state index < -0.39 is 0 Å². The lowest BCUT2D eigenvalue weighted by atomic mass is 9.86. The Labute approximate surface area is 119 Å². The highest BCUT2D eigenvalue weighted by Crippen LogP contribution is 2.37. The first-order valence-electron chi connectivity index (χ1n) is 7.26. The molecule has 3 rings (SSSR count). The Morgan fingerprint density at radius 1 is 1.05 bits per heavy atom. The van der Waals surface area contributed by atoms with Gasteiger partial charge in [0.05, 0.1) is 5.00 Å². The van der Waals surface area contributed by atoms with Crippen LogP contribution in [0.15, 0.2) is 36.4 Å². The topological polar surface area (TPSA) is 26.0 Å². The highest BCUT2D eigenvalue weighted by molar-refractivity contribution is 7.16. The Morgan fingerprint density at radius 2 is 1.79 bits per heavy atom. The smallest absolute Gasteiger partial charge is 0.0865 e. The molecule has 0 unspecified atom stereocenters. The number of benzene rings is 1. The van der Waals surface area contributed by atoms with Crippen molar-refractivity contribution in [2.45, 2.75) is 38.5 Å². The van der Waals surface area contributed by atoms with Gasteiger partial charge in [-0.25, -0.2) is 0 Å². The van der Waals surface area contributed by atoms with Crippen LogP contribution in [-0.4, -0.2) is 0 Å². The van der Waals surface area contributed by atoms with Gasteiger partial charge in [0.25, 0.3) is 0 Å². The predicted octanol–water partition coefficient (Wildman–Crippen LogP) is 5.12. The van der Waals surface area contributed by atoms with Crippen molar-refractivity contribution in [3.8, 4) is 11.1 Å². The van der Waals surface area contributed by atoms with E-state index in [1.54, 1.807) is 11.3 Å². The molecule has 1 saturated carbocycles. The molecule has 0 saturated heterocycles. The first kappa shape index (κ1) is 12.7. The maximum Gasteiger partial charge on any atom is 0.0865 e. The number of anilines is 1. The van der Waals surface area contributed by atoms with Crippen molar-refractivity contribution in [3.63, 3.8) is 0 Å². The van der Waals surface area contributed by atoms with Crippen molar-refractivity contribution >= 4 is 16.3 Å². The van der Waals surface area contributed by atoms with E-state index in [1.165, 1.54) is 54.5 Å². The van der Waals surface area contributed by atoms with Crippen molar-refractivity contribution in [2.24, 2.45) is 5.92 Å². The monoisotopic (exact) mass is 271 g/mol. The fourth-order valence-corrected chi connectivity index (χ4v) is 4.18. The van der Waals surface area contributed by atoms with Gasteiger partial charge in [0.15, 0.2) is 0 Å². The third kappa shape index (κ3) is 3.01. The Morgan fingerprint density at radius 3 is 2.53 bits per heavy atom. The van der Waals surface area contributed by atoms with Crippen LogP contribution in [0, 0.1) is 5.92 Å². The number of rotatable bonds is 3. The minimum absolute atomic E-state index is 0.870. The van der Waals surface area contributed by atoms with Gasteiger partial charge in [-0.05, 0) is 29.5 Å². The zero-order valence-corrected chi connectivity index (χ0v) is 12.1. The summed E-state index contributed by atoms with van der Waals surface area (Å²) in [5, 5.41) is 0.949. The van der Waals surface area contributed by atoms with Gasteiger partial charge in [0.2, 0.25) is 0 Å². The van der Waals surface area contributed by atoms with Crippen LogP contribution in [0.1, 0.15) is 37.0 Å². The molecule has 0 spiro atoms. The molecule has 2 N–H and O–H groups in total. The summed E-state index contributed by atoms with van der Waals surface area (Å²) >= 11 is 1.78. The molecule has 100 valence electrons. The largest absolute Gasteiger partial charge is 0.391 e. The minimum Gasteiger partial charge on any atom is -0.391 e. The van der Waals surface area contributed by atoms with E-state index in [-0.39, 0.29) is 0 Å². The zero-order chi connectivity index (χ0) is 13.1. The third-order valence-corrected chi connectivity index (χ3v) is 5.10. The molecule has 0 aliphatic heterocycles. The SMILES string of the molecule is Nc1cc(-c2ccccc2)c(CC2CCCCC2)s1. The van der Waals surface area contributed by atoms with Gasteiger partial charge in [-0.15, -0.1) is 11.3 Å². The van der Waals surface area contributed by atoms with Gasteiger partial charge in [-0.1, -0.05) is 62.4 Å². The quantitative estimate of drug-likeness (QED) is 0.823. The second-order valence-corrected chi connectivity index (χ2v) is 6.73. The molecule has 0 bridgehead atoms. The number of hydrogen-bond donors (Lipinski definition) is 1. The average molecular weight is 271 g/mol. The first-order chi connectivity index (χ1) is 9.33. The van der Waals surface area contributed by atoms with Crippen molar-refractivity contribution in [1.82, 2.24) is 0 Å². The van der Waals surface area contributed by atoms with E-state index >= 15 is 0 Å². The number of nitrogen functional groups attached to an aromatic ring is 1. The van der Waals surface area contributed by atoms with Crippen LogP contribution >= 0.6 is 11.3 Å². The number of hydrogen-bond acceptors (Lipinski definition) is 2. The van der Waals surface area contributed by atoms with E-state index in [1.807, 2.05) is 0 Å². The van der Waals surface area contributed by atoms with Gasteiger partial charge in [-0.3, -0.25) is 0 Å². The predicted molar refractivity (Wildman–Crippen MR) is 84.4 cm³/mol. The molecule has 1 heterocycles. The van der Waals surface area contributed by atoms with E-state index in [9.17, 15) is 0 Å². The number of nitrogens with two attached hydrogens (primary N) is 1. The normalized spacial score (nSPS) is 16.6. The highest BCUT2D eigenvalue weighted by Gasteiger charge is 2.18. The summed E-state index contributed by atoms with van der Waals surface area (Å²) in [4.78, 5) is 1.48. The van der Waals surface area contributed by atoms with Crippen LogP contribution in [0.5, 0.6) is 0 Å². The Hall–Kier alpha value is -1.28. The molecular formula is C17H21NS. The maximum atomic E-state index is 6.04. The summed E-state index contributed by atoms with van der Waals surface area (Å²) in [6.45, 7) is 0. The summed E-state index contributed by atoms with van der Waals surface area (Å²) in [6.07, 6.45) is 8.25. The summed E-state index contributed by atoms with van der Waals surface area (Å²) in [5.41, 5.74) is 8.70. The molecule has 2 heteroatoms. The van der Waals surface area contributed by atoms with Crippen molar-refractivity contribution < 1.29 is 0 Å². The lowest BCUT2D eigenvalue weighted by molar-refractivity contribution is 0.358. The van der Waals surface area contributed by atoms with Crippen molar-refractivity contribution in [2.75, 3.05) is 5.73 Å². The van der Waals surface area contributed by atoms with Gasteiger partial charge in [-0.2, -0.15) is 0 Å². The molecule has 0 amide bonds. The molecule has 1 aliphatic carbocycles. The van der Waals surface area contributed by atoms with Crippen LogP contribution in [0.25, 0.3) is 11.1 Å². The molecule has 1 aliphatic rings. The van der Waals surface area contributed by atoms with E-state index in [0.29, 0.717) is 0 Å². The van der Waals surface area contributed by atoms with Gasteiger partial charge in [0, 0.05) is 4.88 Å². The van der Waals surface area contributed by atoms with Gasteiger partial charge < -0.3 is 5.73 Å². The Balaban J connectivity index is 1.85. The second-order valence-electron chi connectivity index (χ2n) is 5.56. The molecule has 1 aromatic heterocycles. The second kappa shape index (κ2) is 5.79. The Kier molecular flexibility index (Phi) is 3.88. The summed E-state index contributed by atoms with van der Waals surface area (Å²) in [7, 11) is 0. The standard InChI is InChI=1S/C17H21NS/c18-17-12-15(14-9-5-2-6-10-14)16(19-17)11-13-7-3-1-4-8-13/h2,5-6,9-10,12-13H,1,3-4,7-8,11,18H2. The molecule has 19 heavy (non-hydrogen) atoms. The van der Waals surface area contributed by atoms with E-state index in [0.717, 1.165) is 10.9 Å². The lowest BCUT2D eigenvalue weighted by Crippen LogP contribution is -2.08. The van der Waals surface area contributed by atoms with E-state index in [2.05, 4.69) is 36.4 Å². The zero-order valence-electron chi connectivity index (χ0n) is 11.3. The first-order valence-corrected chi connectivity index (χ1v) is 8.08. The highest BCUT2D eigenvalue weighted by atomic mass is 32.1. The summed E-state index contributed by atoms with van der Waals surface area (Å²) in [5.74, 6) is 0.870. The van der Waals surface area contributed by atoms with Gasteiger partial charge >= 0.3 is 0 Å². The maximum absolute atomic E-state index is 6.04. The fraction of sp³-hybridized carbons (Fsp3) is 0.412.